The van der Waals surface area contributed by atoms with E-state index in [9.17, 15) is 15.0 Å². The molecule has 0 aliphatic carbocycles. The summed E-state index contributed by atoms with van der Waals surface area (Å²) in [7, 11) is 2.95. The number of methoxy groups -OCH3 is 2. The highest BCUT2D eigenvalue weighted by Crippen LogP contribution is 2.42. The molecular weight excluding hydrogens is 446 g/mol. The van der Waals surface area contributed by atoms with E-state index in [0.717, 1.165) is 5.57 Å². The number of fused-ring (bicyclic) bond motifs is 1. The third kappa shape index (κ3) is 5.49. The van der Waals surface area contributed by atoms with Gasteiger partial charge < -0.3 is 44.0 Å². The van der Waals surface area contributed by atoms with E-state index in [1.165, 1.54) is 7.11 Å². The quantitative estimate of drug-likeness (QED) is 0.432. The van der Waals surface area contributed by atoms with Crippen molar-refractivity contribution in [2.75, 3.05) is 27.6 Å². The Kier molecular flexibility index (Phi) is 8.79. The summed E-state index contributed by atoms with van der Waals surface area (Å²) >= 11 is 0. The minimum absolute atomic E-state index is 0.0130. The van der Waals surface area contributed by atoms with Crippen LogP contribution in [0.1, 0.15) is 47.0 Å². The van der Waals surface area contributed by atoms with Gasteiger partial charge in [-0.05, 0) is 18.8 Å². The van der Waals surface area contributed by atoms with Crippen LogP contribution in [0.5, 0.6) is 0 Å². The molecule has 0 aromatic heterocycles. The van der Waals surface area contributed by atoms with Gasteiger partial charge in [0.05, 0.1) is 31.0 Å². The van der Waals surface area contributed by atoms with Gasteiger partial charge in [-0.1, -0.05) is 32.9 Å². The van der Waals surface area contributed by atoms with Crippen LogP contribution in [0, 0.1) is 11.3 Å². The second-order valence-electron chi connectivity index (χ2n) is 10.3. The molecule has 10 nitrogen and oxygen atoms in total. The Labute approximate surface area is 201 Å². The number of hydrogen-bond donors (Lipinski definition) is 3. The number of rotatable bonds is 8. The van der Waals surface area contributed by atoms with Crippen LogP contribution in [0.15, 0.2) is 12.2 Å². The fraction of sp³-hybridized carbons (Fsp3) is 0.875. The molecule has 0 aromatic carbocycles. The highest BCUT2D eigenvalue weighted by Gasteiger charge is 2.53. The summed E-state index contributed by atoms with van der Waals surface area (Å²) in [5.41, 5.74) is 0.592. The lowest BCUT2D eigenvalue weighted by Gasteiger charge is -2.51. The maximum atomic E-state index is 13.1. The van der Waals surface area contributed by atoms with E-state index in [4.69, 9.17) is 28.4 Å². The second-order valence-corrected chi connectivity index (χ2v) is 10.3. The van der Waals surface area contributed by atoms with Gasteiger partial charge in [0.25, 0.3) is 5.91 Å². The van der Waals surface area contributed by atoms with Crippen molar-refractivity contribution < 1.29 is 43.4 Å². The number of amides is 1. The minimum Gasteiger partial charge on any atom is -0.394 e. The van der Waals surface area contributed by atoms with Crippen LogP contribution < -0.4 is 5.32 Å². The van der Waals surface area contributed by atoms with Gasteiger partial charge in [-0.3, -0.25) is 4.79 Å². The third-order valence-electron chi connectivity index (χ3n) is 7.63. The average Bonchev–Trinajstić information content (AvgIpc) is 2.80. The molecule has 0 aromatic rings. The zero-order chi connectivity index (χ0) is 25.3. The fourth-order valence-corrected chi connectivity index (χ4v) is 5.00. The van der Waals surface area contributed by atoms with Gasteiger partial charge in [-0.25, -0.2) is 0 Å². The summed E-state index contributed by atoms with van der Waals surface area (Å²) in [5.74, 6) is -2.16. The predicted molar refractivity (Wildman–Crippen MR) is 122 cm³/mol. The maximum Gasteiger partial charge on any atom is 0.256 e. The lowest BCUT2D eigenvalue weighted by Crippen LogP contribution is -2.65. The summed E-state index contributed by atoms with van der Waals surface area (Å²) in [5, 5.41) is 23.3. The van der Waals surface area contributed by atoms with Gasteiger partial charge >= 0.3 is 0 Å². The van der Waals surface area contributed by atoms with E-state index in [0.29, 0.717) is 12.8 Å². The number of carbonyl (C=O) groups is 1. The number of aliphatic hydroxyl groups is 2. The largest absolute Gasteiger partial charge is 0.394 e. The Morgan fingerprint density at radius 1 is 1.29 bits per heavy atom. The zero-order valence-corrected chi connectivity index (χ0v) is 21.1. The summed E-state index contributed by atoms with van der Waals surface area (Å²) in [6.07, 6.45) is -2.94. The Balaban J connectivity index is 1.73. The molecule has 0 unspecified atom stereocenters. The molecule has 3 aliphatic rings. The third-order valence-corrected chi connectivity index (χ3v) is 7.63. The highest BCUT2D eigenvalue weighted by atomic mass is 16.7. The van der Waals surface area contributed by atoms with Crippen molar-refractivity contribution in [1.29, 1.82) is 0 Å². The molecule has 3 aliphatic heterocycles. The molecule has 3 saturated heterocycles. The van der Waals surface area contributed by atoms with Gasteiger partial charge in [0, 0.05) is 33.0 Å². The van der Waals surface area contributed by atoms with Crippen molar-refractivity contribution in [2.24, 2.45) is 11.3 Å². The average molecular weight is 488 g/mol. The van der Waals surface area contributed by atoms with Gasteiger partial charge in [0.15, 0.2) is 12.3 Å². The molecule has 34 heavy (non-hydrogen) atoms. The Morgan fingerprint density at radius 3 is 2.59 bits per heavy atom. The first-order chi connectivity index (χ1) is 16.0. The summed E-state index contributed by atoms with van der Waals surface area (Å²) < 4.78 is 34.7. The van der Waals surface area contributed by atoms with E-state index in [2.05, 4.69) is 25.7 Å². The van der Waals surface area contributed by atoms with E-state index in [1.807, 2.05) is 13.8 Å². The number of carbonyl (C=O) groups excluding carboxylic acids is 1. The van der Waals surface area contributed by atoms with Crippen molar-refractivity contribution in [2.45, 2.75) is 95.6 Å². The fourth-order valence-electron chi connectivity index (χ4n) is 5.00. The molecule has 0 bridgehead atoms. The van der Waals surface area contributed by atoms with Crippen molar-refractivity contribution >= 4 is 5.91 Å². The van der Waals surface area contributed by atoms with E-state index >= 15 is 0 Å². The van der Waals surface area contributed by atoms with Crippen molar-refractivity contribution in [3.8, 4) is 0 Å². The van der Waals surface area contributed by atoms with E-state index in [-0.39, 0.29) is 55.6 Å². The van der Waals surface area contributed by atoms with Crippen LogP contribution >= 0.6 is 0 Å². The molecule has 3 N–H and O–H groups in total. The standard InChI is InChI=1S/C24H41NO9/c1-13-9-24(30-7,34-15(3)14(13)2)20(27)21(28)25-22-19-17(31-12-32-22)10-23(4,5)18(33-19)8-16(11-26)29-6/h14-20,22,26-27H,1,8-12H2,2-7H3,(H,25,28)/t14-,15-,16+,17-,18-,19+,20-,22+,24-/m1/s1. The van der Waals surface area contributed by atoms with Gasteiger partial charge in [0.1, 0.15) is 12.9 Å². The predicted octanol–water partition coefficient (Wildman–Crippen LogP) is 1.09. The number of ether oxygens (including phenoxy) is 6. The molecule has 3 rings (SSSR count). The molecule has 0 spiro atoms. The van der Waals surface area contributed by atoms with E-state index in [1.54, 1.807) is 7.11 Å². The molecule has 1 amide bonds. The van der Waals surface area contributed by atoms with Crippen LogP contribution in [0.25, 0.3) is 0 Å². The lowest BCUT2D eigenvalue weighted by atomic mass is 9.75. The molecule has 3 heterocycles. The summed E-state index contributed by atoms with van der Waals surface area (Å²) in [6, 6.07) is 0. The monoisotopic (exact) mass is 487 g/mol. The Morgan fingerprint density at radius 2 is 2.00 bits per heavy atom. The Bertz CT molecular complexity index is 727. The maximum absolute atomic E-state index is 13.1. The van der Waals surface area contributed by atoms with Crippen molar-refractivity contribution in [3.63, 3.8) is 0 Å². The van der Waals surface area contributed by atoms with Gasteiger partial charge in [-0.15, -0.1) is 0 Å². The van der Waals surface area contributed by atoms with Crippen LogP contribution in [0.4, 0.5) is 0 Å². The van der Waals surface area contributed by atoms with Crippen molar-refractivity contribution in [3.05, 3.63) is 12.2 Å². The van der Waals surface area contributed by atoms with Crippen molar-refractivity contribution in [1.82, 2.24) is 5.32 Å². The minimum atomic E-state index is -1.61. The van der Waals surface area contributed by atoms with Crippen LogP contribution in [-0.4, -0.2) is 92.4 Å². The topological polar surface area (TPSA) is 125 Å². The molecule has 0 radical (unpaired) electrons. The molecule has 0 saturated carbocycles. The highest BCUT2D eigenvalue weighted by molar-refractivity contribution is 5.82. The second kappa shape index (κ2) is 10.9. The normalized spacial score (nSPS) is 39.7. The summed E-state index contributed by atoms with van der Waals surface area (Å²) in [6.45, 7) is 11.9. The van der Waals surface area contributed by atoms with Gasteiger partial charge in [-0.2, -0.15) is 0 Å². The number of aliphatic hydroxyl groups excluding tert-OH is 2. The first-order valence-corrected chi connectivity index (χ1v) is 11.9. The van der Waals surface area contributed by atoms with Crippen LogP contribution in [0.2, 0.25) is 0 Å². The number of hydrogen-bond acceptors (Lipinski definition) is 9. The van der Waals surface area contributed by atoms with Crippen LogP contribution in [0.3, 0.4) is 0 Å². The molecule has 10 heteroatoms. The lowest BCUT2D eigenvalue weighted by molar-refractivity contribution is -0.306. The number of nitrogens with one attached hydrogen (secondary N) is 1. The first kappa shape index (κ1) is 27.5. The van der Waals surface area contributed by atoms with Gasteiger partial charge in [0.2, 0.25) is 5.79 Å². The first-order valence-electron chi connectivity index (χ1n) is 11.9. The van der Waals surface area contributed by atoms with E-state index < -0.39 is 30.1 Å². The SMILES string of the molecule is C=C1C[C@](OC)([C@H](O)C(=O)N[C@H]2OCO[C@@H]3CC(C)(C)[C@@H](C[C@@H](CO)OC)O[C@@H]32)O[C@H](C)[C@@H]1C. The summed E-state index contributed by atoms with van der Waals surface area (Å²) in [4.78, 5) is 13.1. The molecule has 196 valence electrons. The van der Waals surface area contributed by atoms with Crippen LogP contribution in [-0.2, 0) is 33.2 Å². The zero-order valence-electron chi connectivity index (χ0n) is 21.1. The smallest absolute Gasteiger partial charge is 0.256 e. The molecular formula is C24H41NO9. The molecule has 3 fully saturated rings. The molecule has 9 atom stereocenters. The Hall–Kier alpha value is -1.11.